The summed E-state index contributed by atoms with van der Waals surface area (Å²) in [5.41, 5.74) is 4.91. The van der Waals surface area contributed by atoms with E-state index in [2.05, 4.69) is 13.8 Å². The van der Waals surface area contributed by atoms with Crippen LogP contribution in [0.15, 0.2) is 0 Å². The summed E-state index contributed by atoms with van der Waals surface area (Å²) < 4.78 is 0. The van der Waals surface area contributed by atoms with Gasteiger partial charge in [-0.25, -0.2) is 0 Å². The van der Waals surface area contributed by atoms with Gasteiger partial charge in [-0.05, 0) is 20.8 Å². The molecule has 1 fully saturated rings. The van der Waals surface area contributed by atoms with Gasteiger partial charge in [-0.1, -0.05) is 19.1 Å². The molecule has 2 unspecified atom stereocenters. The first-order valence-corrected chi connectivity index (χ1v) is 6.96. The average Bonchev–Trinajstić information content (AvgIpc) is 2.21. The van der Waals surface area contributed by atoms with Crippen LogP contribution in [0.25, 0.3) is 0 Å². The molecule has 0 aromatic carbocycles. The molecule has 0 spiro atoms. The number of amides is 1. The van der Waals surface area contributed by atoms with E-state index in [1.807, 2.05) is 16.7 Å². The molecule has 5 heteroatoms. The largest absolute Gasteiger partial charge is 0.392 e. The van der Waals surface area contributed by atoms with Crippen LogP contribution < -0.4 is 5.73 Å². The predicted octanol–water partition coefficient (Wildman–Crippen LogP) is 1.65. The number of thiocarbonyl (C=S) groups is 1. The highest BCUT2D eigenvalue weighted by Gasteiger charge is 2.39. The van der Waals surface area contributed by atoms with Crippen molar-refractivity contribution in [3.8, 4) is 0 Å². The van der Waals surface area contributed by atoms with Crippen molar-refractivity contribution in [3.05, 3.63) is 0 Å². The normalized spacial score (nSPS) is 26.6. The van der Waals surface area contributed by atoms with Gasteiger partial charge in [0.15, 0.2) is 0 Å². The molecule has 1 saturated heterocycles. The lowest BCUT2D eigenvalue weighted by Gasteiger charge is -2.41. The molecule has 2 N–H and O–H groups in total. The van der Waals surface area contributed by atoms with Gasteiger partial charge >= 0.3 is 0 Å². The van der Waals surface area contributed by atoms with Crippen LogP contribution in [-0.4, -0.2) is 39.4 Å². The molecular weight excluding hydrogens is 240 g/mol. The van der Waals surface area contributed by atoms with Gasteiger partial charge in [0.05, 0.1) is 10.4 Å². The van der Waals surface area contributed by atoms with E-state index in [0.717, 1.165) is 12.3 Å². The van der Waals surface area contributed by atoms with E-state index in [4.69, 9.17) is 18.0 Å². The molecule has 0 bridgehead atoms. The van der Waals surface area contributed by atoms with Gasteiger partial charge in [-0.15, -0.1) is 0 Å². The number of nitrogens with two attached hydrogens (primary N) is 1. The van der Waals surface area contributed by atoms with Crippen LogP contribution in [0, 0.1) is 5.41 Å². The maximum atomic E-state index is 12.4. The third-order valence-electron chi connectivity index (χ3n) is 3.30. The maximum Gasteiger partial charge on any atom is 0.235 e. The Balaban J connectivity index is 2.84. The van der Waals surface area contributed by atoms with Gasteiger partial charge in [-0.2, -0.15) is 11.8 Å². The van der Waals surface area contributed by atoms with E-state index in [9.17, 15) is 4.79 Å². The number of nitrogens with zero attached hydrogens (tertiary/aromatic N) is 1. The van der Waals surface area contributed by atoms with Gasteiger partial charge in [0.25, 0.3) is 0 Å². The highest BCUT2D eigenvalue weighted by atomic mass is 32.2. The Morgan fingerprint density at radius 1 is 1.50 bits per heavy atom. The van der Waals surface area contributed by atoms with Crippen molar-refractivity contribution >= 4 is 34.9 Å². The molecular formula is C11H20N2OS2. The molecule has 1 amide bonds. The molecule has 1 heterocycles. The molecule has 16 heavy (non-hydrogen) atoms. The number of rotatable bonds is 2. The fourth-order valence-electron chi connectivity index (χ4n) is 1.68. The predicted molar refractivity (Wildman–Crippen MR) is 73.7 cm³/mol. The molecule has 1 aliphatic heterocycles. The first-order chi connectivity index (χ1) is 7.28. The van der Waals surface area contributed by atoms with Crippen molar-refractivity contribution in [2.24, 2.45) is 11.1 Å². The first-order valence-electron chi connectivity index (χ1n) is 5.51. The molecule has 3 nitrogen and oxygen atoms in total. The zero-order chi connectivity index (χ0) is 12.5. The SMILES string of the molecule is CC1SCCN(C(=O)C(C)(C)C(N)=S)C1C. The molecule has 0 radical (unpaired) electrons. The quantitative estimate of drug-likeness (QED) is 0.767. The number of hydrogen-bond acceptors (Lipinski definition) is 3. The van der Waals surface area contributed by atoms with Crippen molar-refractivity contribution < 1.29 is 4.79 Å². The Bertz CT molecular complexity index is 304. The Morgan fingerprint density at radius 3 is 2.56 bits per heavy atom. The highest BCUT2D eigenvalue weighted by molar-refractivity contribution is 8.00. The maximum absolute atomic E-state index is 12.4. The second-order valence-electron chi connectivity index (χ2n) is 4.80. The minimum absolute atomic E-state index is 0.0552. The summed E-state index contributed by atoms with van der Waals surface area (Å²) in [5, 5.41) is 0.472. The van der Waals surface area contributed by atoms with Gasteiger partial charge in [0.2, 0.25) is 5.91 Å². The number of carbonyl (C=O) groups excluding carboxylic acids is 1. The van der Waals surface area contributed by atoms with Crippen LogP contribution >= 0.6 is 24.0 Å². The van der Waals surface area contributed by atoms with E-state index < -0.39 is 5.41 Å². The smallest absolute Gasteiger partial charge is 0.235 e. The molecule has 1 aliphatic rings. The number of carbonyl (C=O) groups is 1. The van der Waals surface area contributed by atoms with E-state index in [1.54, 1.807) is 13.8 Å². The van der Waals surface area contributed by atoms with Crippen LogP contribution in [0.2, 0.25) is 0 Å². The van der Waals surface area contributed by atoms with E-state index >= 15 is 0 Å². The first kappa shape index (κ1) is 13.8. The van der Waals surface area contributed by atoms with Crippen LogP contribution in [0.1, 0.15) is 27.7 Å². The summed E-state index contributed by atoms with van der Waals surface area (Å²) in [6, 6.07) is 0.250. The average molecular weight is 260 g/mol. The molecule has 0 aromatic heterocycles. The Morgan fingerprint density at radius 2 is 2.06 bits per heavy atom. The minimum atomic E-state index is -0.731. The number of hydrogen-bond donors (Lipinski definition) is 1. The highest BCUT2D eigenvalue weighted by Crippen LogP contribution is 2.28. The van der Waals surface area contributed by atoms with Crippen molar-refractivity contribution in [2.75, 3.05) is 12.3 Å². The second kappa shape index (κ2) is 4.92. The standard InChI is InChI=1S/C11H20N2OS2/c1-7-8(2)16-6-5-13(7)10(14)11(3,4)9(12)15/h7-8H,5-6H2,1-4H3,(H2,12,15). The van der Waals surface area contributed by atoms with E-state index in [-0.39, 0.29) is 16.9 Å². The van der Waals surface area contributed by atoms with Gasteiger partial charge in [0.1, 0.15) is 0 Å². The van der Waals surface area contributed by atoms with E-state index in [1.165, 1.54) is 0 Å². The van der Waals surface area contributed by atoms with Crippen LogP contribution in [0.5, 0.6) is 0 Å². The van der Waals surface area contributed by atoms with Gasteiger partial charge < -0.3 is 10.6 Å². The Kier molecular flexibility index (Phi) is 4.23. The summed E-state index contributed by atoms with van der Waals surface area (Å²) in [7, 11) is 0. The Hall–Kier alpha value is -0.290. The lowest BCUT2D eigenvalue weighted by molar-refractivity contribution is -0.138. The molecule has 0 aromatic rings. The van der Waals surface area contributed by atoms with Crippen LogP contribution in [-0.2, 0) is 4.79 Å². The molecule has 92 valence electrons. The van der Waals surface area contributed by atoms with Crippen molar-refractivity contribution in [1.82, 2.24) is 4.90 Å². The monoisotopic (exact) mass is 260 g/mol. The summed E-state index contributed by atoms with van der Waals surface area (Å²) in [4.78, 5) is 14.6. The summed E-state index contributed by atoms with van der Waals surface area (Å²) in [6.07, 6.45) is 0. The summed E-state index contributed by atoms with van der Waals surface area (Å²) >= 11 is 6.88. The van der Waals surface area contributed by atoms with Crippen molar-refractivity contribution in [3.63, 3.8) is 0 Å². The topological polar surface area (TPSA) is 46.3 Å². The van der Waals surface area contributed by atoms with E-state index in [0.29, 0.717) is 5.25 Å². The molecule has 1 rings (SSSR count). The number of thioether (sulfide) groups is 1. The van der Waals surface area contributed by atoms with Gasteiger partial charge in [-0.3, -0.25) is 4.79 Å². The molecule has 2 atom stereocenters. The lowest BCUT2D eigenvalue weighted by Crippen LogP contribution is -2.55. The lowest BCUT2D eigenvalue weighted by atomic mass is 9.90. The second-order valence-corrected chi connectivity index (χ2v) is 6.73. The fraction of sp³-hybridized carbons (Fsp3) is 0.818. The minimum Gasteiger partial charge on any atom is -0.392 e. The third kappa shape index (κ3) is 2.51. The molecule has 0 saturated carbocycles. The van der Waals surface area contributed by atoms with Gasteiger partial charge in [0, 0.05) is 23.6 Å². The van der Waals surface area contributed by atoms with Crippen molar-refractivity contribution in [1.29, 1.82) is 0 Å². The molecule has 0 aliphatic carbocycles. The van der Waals surface area contributed by atoms with Crippen LogP contribution in [0.3, 0.4) is 0 Å². The van der Waals surface area contributed by atoms with Crippen molar-refractivity contribution in [2.45, 2.75) is 39.0 Å². The summed E-state index contributed by atoms with van der Waals surface area (Å²) in [5.74, 6) is 1.05. The summed E-state index contributed by atoms with van der Waals surface area (Å²) in [6.45, 7) is 8.64. The fourth-order valence-corrected chi connectivity index (χ4v) is 2.87. The zero-order valence-corrected chi connectivity index (χ0v) is 12.0. The van der Waals surface area contributed by atoms with Crippen LogP contribution in [0.4, 0.5) is 0 Å². The third-order valence-corrected chi connectivity index (χ3v) is 5.14. The Labute approximate surface area is 107 Å². The zero-order valence-electron chi connectivity index (χ0n) is 10.3.